The Bertz CT molecular complexity index is 384. The summed E-state index contributed by atoms with van der Waals surface area (Å²) in [6.45, 7) is 3.19. The van der Waals surface area contributed by atoms with Crippen LogP contribution in [0.1, 0.15) is 12.8 Å². The van der Waals surface area contributed by atoms with Crippen molar-refractivity contribution in [3.8, 4) is 0 Å². The first-order valence-corrected chi connectivity index (χ1v) is 6.23. The molecule has 0 spiro atoms. The molecule has 1 saturated heterocycles. The van der Waals surface area contributed by atoms with E-state index in [-0.39, 0.29) is 0 Å². The molecule has 0 bridgehead atoms. The molecule has 0 radical (unpaired) electrons. The van der Waals surface area contributed by atoms with Crippen LogP contribution in [-0.4, -0.2) is 41.5 Å². The first-order chi connectivity index (χ1) is 8.16. The summed E-state index contributed by atoms with van der Waals surface area (Å²) in [5, 5.41) is 3.57. The van der Waals surface area contributed by atoms with Gasteiger partial charge in [0.05, 0.1) is 0 Å². The topological polar surface area (TPSA) is 67.1 Å². The highest BCUT2D eigenvalue weighted by molar-refractivity contribution is 6.32. The molecule has 5 nitrogen and oxygen atoms in total. The average molecular weight is 256 g/mol. The van der Waals surface area contributed by atoms with Crippen molar-refractivity contribution in [3.05, 3.63) is 11.5 Å². The van der Waals surface area contributed by atoms with Crippen LogP contribution in [0.4, 0.5) is 11.5 Å². The maximum atomic E-state index is 5.83. The number of hydrogen-bond donors (Lipinski definition) is 2. The minimum absolute atomic E-state index is 0.309. The molecular weight excluding hydrogens is 238 g/mol. The summed E-state index contributed by atoms with van der Waals surface area (Å²) >= 11 is 5.83. The number of rotatable bonds is 3. The van der Waals surface area contributed by atoms with Gasteiger partial charge in [-0.2, -0.15) is 0 Å². The molecule has 2 rings (SSSR count). The maximum Gasteiger partial charge on any atom is 0.157 e. The van der Waals surface area contributed by atoms with Gasteiger partial charge in [0, 0.05) is 13.1 Å². The van der Waals surface area contributed by atoms with Crippen LogP contribution >= 0.6 is 11.6 Å². The summed E-state index contributed by atoms with van der Waals surface area (Å²) < 4.78 is 0. The number of hydrogen-bond acceptors (Lipinski definition) is 5. The summed E-state index contributed by atoms with van der Waals surface area (Å²) in [6, 6.07) is 0. The van der Waals surface area contributed by atoms with E-state index in [4.69, 9.17) is 17.3 Å². The SMILES string of the molecule is CN1CCC[C@@H](CNc2ncnc(Cl)c2N)C1. The van der Waals surface area contributed by atoms with Crippen molar-refractivity contribution < 1.29 is 0 Å². The molecule has 1 fully saturated rings. The van der Waals surface area contributed by atoms with Crippen molar-refractivity contribution in [3.63, 3.8) is 0 Å². The molecule has 1 atom stereocenters. The molecule has 17 heavy (non-hydrogen) atoms. The van der Waals surface area contributed by atoms with Crippen molar-refractivity contribution in [2.75, 3.05) is 37.7 Å². The van der Waals surface area contributed by atoms with Crippen LogP contribution < -0.4 is 11.1 Å². The van der Waals surface area contributed by atoms with Gasteiger partial charge in [-0.1, -0.05) is 11.6 Å². The summed E-state index contributed by atoms with van der Waals surface area (Å²) in [6.07, 6.45) is 3.92. The smallest absolute Gasteiger partial charge is 0.157 e. The lowest BCUT2D eigenvalue weighted by Crippen LogP contribution is -2.35. The van der Waals surface area contributed by atoms with Crippen molar-refractivity contribution >= 4 is 23.1 Å². The van der Waals surface area contributed by atoms with E-state index in [1.165, 1.54) is 25.7 Å². The van der Waals surface area contributed by atoms with E-state index in [9.17, 15) is 0 Å². The zero-order valence-corrected chi connectivity index (χ0v) is 10.7. The van der Waals surface area contributed by atoms with Gasteiger partial charge >= 0.3 is 0 Å². The standard InChI is InChI=1S/C11H18ClN5/c1-17-4-2-3-8(6-17)5-14-11-9(13)10(12)15-7-16-11/h7-8H,2-6,13H2,1H3,(H,14,15,16)/t8-/m0/s1. The lowest BCUT2D eigenvalue weighted by Gasteiger charge is -2.29. The Morgan fingerprint density at radius 2 is 2.41 bits per heavy atom. The highest BCUT2D eigenvalue weighted by Gasteiger charge is 2.17. The molecule has 0 aromatic carbocycles. The number of nitrogen functional groups attached to an aromatic ring is 1. The number of nitrogens with zero attached hydrogens (tertiary/aromatic N) is 3. The average Bonchev–Trinajstić information content (AvgIpc) is 2.31. The van der Waals surface area contributed by atoms with Crippen LogP contribution in [0.15, 0.2) is 6.33 Å². The lowest BCUT2D eigenvalue weighted by atomic mass is 9.98. The molecule has 2 heterocycles. The first-order valence-electron chi connectivity index (χ1n) is 5.85. The van der Waals surface area contributed by atoms with Gasteiger partial charge in [0.25, 0.3) is 0 Å². The zero-order chi connectivity index (χ0) is 12.3. The van der Waals surface area contributed by atoms with Gasteiger partial charge in [-0.25, -0.2) is 9.97 Å². The summed E-state index contributed by atoms with van der Waals surface area (Å²) in [5.41, 5.74) is 6.22. The number of anilines is 2. The van der Waals surface area contributed by atoms with Crippen LogP contribution in [0.2, 0.25) is 5.15 Å². The van der Waals surface area contributed by atoms with Crippen LogP contribution in [0.3, 0.4) is 0 Å². The number of nitrogens with one attached hydrogen (secondary N) is 1. The Labute approximate surface area is 106 Å². The third-order valence-corrected chi connectivity index (χ3v) is 3.42. The minimum atomic E-state index is 0.309. The van der Waals surface area contributed by atoms with Crippen LogP contribution in [0, 0.1) is 5.92 Å². The first kappa shape index (κ1) is 12.4. The monoisotopic (exact) mass is 255 g/mol. The minimum Gasteiger partial charge on any atom is -0.393 e. The predicted octanol–water partition coefficient (Wildman–Crippen LogP) is 1.47. The molecule has 1 aromatic heterocycles. The molecule has 3 N–H and O–H groups in total. The number of nitrogens with two attached hydrogens (primary N) is 1. The zero-order valence-electron chi connectivity index (χ0n) is 9.99. The Balaban J connectivity index is 1.91. The van der Waals surface area contributed by atoms with Gasteiger partial charge in [-0.05, 0) is 32.4 Å². The summed E-state index contributed by atoms with van der Waals surface area (Å²) in [4.78, 5) is 10.3. The van der Waals surface area contributed by atoms with E-state index in [0.29, 0.717) is 22.6 Å². The summed E-state index contributed by atoms with van der Waals surface area (Å²) in [7, 11) is 2.15. The van der Waals surface area contributed by atoms with Crippen molar-refractivity contribution in [1.82, 2.24) is 14.9 Å². The highest BCUT2D eigenvalue weighted by atomic mass is 35.5. The quantitative estimate of drug-likeness (QED) is 0.801. The van der Waals surface area contributed by atoms with E-state index < -0.39 is 0 Å². The van der Waals surface area contributed by atoms with E-state index in [0.717, 1.165) is 13.1 Å². The Hall–Kier alpha value is -1.07. The predicted molar refractivity (Wildman–Crippen MR) is 70.2 cm³/mol. The van der Waals surface area contributed by atoms with Gasteiger partial charge in [0.15, 0.2) is 11.0 Å². The fourth-order valence-electron chi connectivity index (χ4n) is 2.20. The van der Waals surface area contributed by atoms with Crippen molar-refractivity contribution in [2.45, 2.75) is 12.8 Å². The van der Waals surface area contributed by atoms with Crippen LogP contribution in [0.5, 0.6) is 0 Å². The molecule has 0 aliphatic carbocycles. The molecule has 0 amide bonds. The molecule has 0 saturated carbocycles. The Kier molecular flexibility index (Phi) is 4.02. The van der Waals surface area contributed by atoms with Crippen LogP contribution in [-0.2, 0) is 0 Å². The van der Waals surface area contributed by atoms with Gasteiger partial charge in [0.1, 0.15) is 12.0 Å². The molecule has 1 aliphatic rings. The Morgan fingerprint density at radius 1 is 1.59 bits per heavy atom. The fourth-order valence-corrected chi connectivity index (χ4v) is 2.33. The number of likely N-dealkylation sites (tertiary alicyclic amines) is 1. The second-order valence-corrected chi connectivity index (χ2v) is 4.94. The van der Waals surface area contributed by atoms with E-state index in [1.54, 1.807) is 0 Å². The number of aromatic nitrogens is 2. The van der Waals surface area contributed by atoms with Crippen LogP contribution in [0.25, 0.3) is 0 Å². The normalized spacial score (nSPS) is 21.4. The van der Waals surface area contributed by atoms with E-state index in [1.807, 2.05) is 0 Å². The molecular formula is C11H18ClN5. The lowest BCUT2D eigenvalue weighted by molar-refractivity contribution is 0.217. The second-order valence-electron chi connectivity index (χ2n) is 4.58. The molecule has 94 valence electrons. The van der Waals surface area contributed by atoms with Gasteiger partial charge in [-0.3, -0.25) is 0 Å². The fraction of sp³-hybridized carbons (Fsp3) is 0.636. The van der Waals surface area contributed by atoms with E-state index in [2.05, 4.69) is 27.2 Å². The second kappa shape index (κ2) is 5.51. The molecule has 1 aliphatic heterocycles. The molecule has 1 aromatic rings. The van der Waals surface area contributed by atoms with Crippen molar-refractivity contribution in [2.24, 2.45) is 5.92 Å². The number of halogens is 1. The Morgan fingerprint density at radius 3 is 3.18 bits per heavy atom. The van der Waals surface area contributed by atoms with Gasteiger partial charge < -0.3 is 16.0 Å². The largest absolute Gasteiger partial charge is 0.393 e. The molecule has 6 heteroatoms. The third kappa shape index (κ3) is 3.20. The molecule has 0 unspecified atom stereocenters. The van der Waals surface area contributed by atoms with Gasteiger partial charge in [0.2, 0.25) is 0 Å². The maximum absolute atomic E-state index is 5.83. The number of piperidine rings is 1. The third-order valence-electron chi connectivity index (χ3n) is 3.12. The van der Waals surface area contributed by atoms with E-state index >= 15 is 0 Å². The summed E-state index contributed by atoms with van der Waals surface area (Å²) in [5.74, 6) is 1.28. The highest BCUT2D eigenvalue weighted by Crippen LogP contribution is 2.23. The van der Waals surface area contributed by atoms with Crippen molar-refractivity contribution in [1.29, 1.82) is 0 Å². The van der Waals surface area contributed by atoms with Gasteiger partial charge in [-0.15, -0.1) is 0 Å².